The van der Waals surface area contributed by atoms with Gasteiger partial charge < -0.3 is 16.0 Å². The molecular formula is C17H18ClN3O2. The van der Waals surface area contributed by atoms with E-state index in [0.29, 0.717) is 22.9 Å². The molecule has 3 amide bonds. The molecule has 0 saturated carbocycles. The highest BCUT2D eigenvalue weighted by atomic mass is 35.5. The number of carbonyl (C=O) groups excluding carboxylic acids is 2. The first kappa shape index (κ1) is 16.8. The van der Waals surface area contributed by atoms with Crippen LogP contribution in [0.3, 0.4) is 0 Å². The summed E-state index contributed by atoms with van der Waals surface area (Å²) in [5.74, 6) is -0.183. The molecule has 0 saturated heterocycles. The van der Waals surface area contributed by atoms with Crippen LogP contribution in [0.4, 0.5) is 16.2 Å². The third-order valence-electron chi connectivity index (χ3n) is 3.11. The maximum absolute atomic E-state index is 11.9. The molecule has 3 N–H and O–H groups in total. The number of aryl methyl sites for hydroxylation is 1. The summed E-state index contributed by atoms with van der Waals surface area (Å²) in [6.45, 7) is 3.85. The molecule has 5 nitrogen and oxygen atoms in total. The Bertz CT molecular complexity index is 714. The topological polar surface area (TPSA) is 70.2 Å². The van der Waals surface area contributed by atoms with E-state index in [-0.39, 0.29) is 11.9 Å². The van der Waals surface area contributed by atoms with Crippen molar-refractivity contribution in [3.63, 3.8) is 0 Å². The predicted octanol–water partition coefficient (Wildman–Crippen LogP) is 3.93. The third-order valence-corrected chi connectivity index (χ3v) is 3.42. The number of anilines is 2. The molecule has 0 aliphatic carbocycles. The molecule has 0 aromatic heterocycles. The van der Waals surface area contributed by atoms with E-state index in [0.717, 1.165) is 5.56 Å². The fourth-order valence-corrected chi connectivity index (χ4v) is 2.18. The lowest BCUT2D eigenvalue weighted by Gasteiger charge is -2.11. The summed E-state index contributed by atoms with van der Waals surface area (Å²) < 4.78 is 0. The number of hydrogen-bond donors (Lipinski definition) is 3. The maximum atomic E-state index is 11.9. The summed E-state index contributed by atoms with van der Waals surface area (Å²) in [7, 11) is 0. The van der Waals surface area contributed by atoms with Crippen LogP contribution < -0.4 is 16.0 Å². The van der Waals surface area contributed by atoms with Gasteiger partial charge in [0.05, 0.1) is 10.7 Å². The third kappa shape index (κ3) is 5.30. The number of urea groups is 1. The average Bonchev–Trinajstić information content (AvgIpc) is 2.49. The van der Waals surface area contributed by atoms with Gasteiger partial charge in [0.25, 0.3) is 0 Å². The highest BCUT2D eigenvalue weighted by Gasteiger charge is 2.07. The molecule has 0 aliphatic heterocycles. The molecule has 2 aromatic rings. The standard InChI is InChI=1S/C17H18ClN3O2/c1-11-3-5-13(6-4-11)10-19-17(23)21-16-8-7-14(9-15(16)18)20-12(2)22/h3-9H,10H2,1-2H3,(H,20,22)(H2,19,21,23). The van der Waals surface area contributed by atoms with Gasteiger partial charge in [-0.15, -0.1) is 0 Å². The van der Waals surface area contributed by atoms with Crippen molar-refractivity contribution in [2.24, 2.45) is 0 Å². The number of carbonyl (C=O) groups is 2. The normalized spacial score (nSPS) is 10.0. The highest BCUT2D eigenvalue weighted by molar-refractivity contribution is 6.34. The van der Waals surface area contributed by atoms with E-state index in [1.807, 2.05) is 31.2 Å². The Morgan fingerprint density at radius 3 is 2.35 bits per heavy atom. The zero-order valence-electron chi connectivity index (χ0n) is 12.9. The van der Waals surface area contributed by atoms with Crippen molar-refractivity contribution in [2.45, 2.75) is 20.4 Å². The monoisotopic (exact) mass is 331 g/mol. The number of rotatable bonds is 4. The van der Waals surface area contributed by atoms with E-state index in [4.69, 9.17) is 11.6 Å². The predicted molar refractivity (Wildman–Crippen MR) is 92.8 cm³/mol. The van der Waals surface area contributed by atoms with E-state index in [9.17, 15) is 9.59 Å². The SMILES string of the molecule is CC(=O)Nc1ccc(NC(=O)NCc2ccc(C)cc2)c(Cl)c1. The van der Waals surface area contributed by atoms with Crippen LogP contribution in [-0.2, 0) is 11.3 Å². The highest BCUT2D eigenvalue weighted by Crippen LogP contribution is 2.25. The number of amides is 3. The van der Waals surface area contributed by atoms with Gasteiger partial charge in [-0.2, -0.15) is 0 Å². The lowest BCUT2D eigenvalue weighted by molar-refractivity contribution is -0.114. The molecule has 23 heavy (non-hydrogen) atoms. The van der Waals surface area contributed by atoms with Crippen molar-refractivity contribution in [2.75, 3.05) is 10.6 Å². The van der Waals surface area contributed by atoms with E-state index in [2.05, 4.69) is 16.0 Å². The maximum Gasteiger partial charge on any atom is 0.319 e. The second-order valence-electron chi connectivity index (χ2n) is 5.17. The van der Waals surface area contributed by atoms with Crippen LogP contribution in [0.1, 0.15) is 18.1 Å². The lowest BCUT2D eigenvalue weighted by atomic mass is 10.1. The summed E-state index contributed by atoms with van der Waals surface area (Å²) in [6, 6.07) is 12.5. The number of nitrogens with one attached hydrogen (secondary N) is 3. The minimum atomic E-state index is -0.347. The van der Waals surface area contributed by atoms with E-state index in [1.54, 1.807) is 18.2 Å². The minimum Gasteiger partial charge on any atom is -0.334 e. The molecule has 0 heterocycles. The first-order valence-electron chi connectivity index (χ1n) is 7.11. The Kier molecular flexibility index (Phi) is 5.60. The summed E-state index contributed by atoms with van der Waals surface area (Å²) in [6.07, 6.45) is 0. The minimum absolute atomic E-state index is 0.183. The first-order chi connectivity index (χ1) is 10.9. The van der Waals surface area contributed by atoms with Crippen molar-refractivity contribution in [1.29, 1.82) is 0 Å². The molecular weight excluding hydrogens is 314 g/mol. The summed E-state index contributed by atoms with van der Waals surface area (Å²) in [4.78, 5) is 22.9. The smallest absolute Gasteiger partial charge is 0.319 e. The first-order valence-corrected chi connectivity index (χ1v) is 7.49. The van der Waals surface area contributed by atoms with Gasteiger partial charge in [0.15, 0.2) is 0 Å². The molecule has 2 aromatic carbocycles. The van der Waals surface area contributed by atoms with Gasteiger partial charge in [0.1, 0.15) is 0 Å². The van der Waals surface area contributed by atoms with Crippen molar-refractivity contribution < 1.29 is 9.59 Å². The molecule has 0 unspecified atom stereocenters. The fraction of sp³-hybridized carbons (Fsp3) is 0.176. The Morgan fingerprint density at radius 2 is 1.74 bits per heavy atom. The van der Waals surface area contributed by atoms with Crippen LogP contribution in [0, 0.1) is 6.92 Å². The van der Waals surface area contributed by atoms with Gasteiger partial charge in [-0.25, -0.2) is 4.79 Å². The molecule has 0 fully saturated rings. The van der Waals surface area contributed by atoms with Crippen LogP contribution in [0.5, 0.6) is 0 Å². The molecule has 0 aliphatic rings. The van der Waals surface area contributed by atoms with Crippen molar-refractivity contribution in [1.82, 2.24) is 5.32 Å². The van der Waals surface area contributed by atoms with Crippen LogP contribution >= 0.6 is 11.6 Å². The Morgan fingerprint density at radius 1 is 1.04 bits per heavy atom. The summed E-state index contributed by atoms with van der Waals surface area (Å²) in [5.41, 5.74) is 3.23. The Balaban J connectivity index is 1.92. The largest absolute Gasteiger partial charge is 0.334 e. The van der Waals surface area contributed by atoms with Crippen LogP contribution in [-0.4, -0.2) is 11.9 Å². The molecule has 0 bridgehead atoms. The van der Waals surface area contributed by atoms with E-state index < -0.39 is 0 Å². The van der Waals surface area contributed by atoms with Gasteiger partial charge in [0, 0.05) is 19.2 Å². The lowest BCUT2D eigenvalue weighted by Crippen LogP contribution is -2.28. The number of halogens is 1. The summed E-state index contributed by atoms with van der Waals surface area (Å²) in [5, 5.41) is 8.41. The van der Waals surface area contributed by atoms with Gasteiger partial charge in [-0.1, -0.05) is 41.4 Å². The van der Waals surface area contributed by atoms with Gasteiger partial charge in [-0.05, 0) is 30.7 Å². The fourth-order valence-electron chi connectivity index (χ4n) is 1.95. The van der Waals surface area contributed by atoms with Crippen molar-refractivity contribution in [3.8, 4) is 0 Å². The quantitative estimate of drug-likeness (QED) is 0.794. The van der Waals surface area contributed by atoms with Gasteiger partial charge >= 0.3 is 6.03 Å². The number of hydrogen-bond acceptors (Lipinski definition) is 2. The molecule has 0 radical (unpaired) electrons. The molecule has 0 spiro atoms. The second kappa shape index (κ2) is 7.65. The van der Waals surface area contributed by atoms with Crippen molar-refractivity contribution in [3.05, 3.63) is 58.6 Å². The molecule has 2 rings (SSSR count). The number of benzene rings is 2. The van der Waals surface area contributed by atoms with Crippen molar-refractivity contribution >= 4 is 34.9 Å². The van der Waals surface area contributed by atoms with Crippen LogP contribution in [0.25, 0.3) is 0 Å². The molecule has 120 valence electrons. The average molecular weight is 332 g/mol. The van der Waals surface area contributed by atoms with Gasteiger partial charge in [0.2, 0.25) is 5.91 Å². The molecule has 0 atom stereocenters. The van der Waals surface area contributed by atoms with E-state index in [1.165, 1.54) is 12.5 Å². The van der Waals surface area contributed by atoms with Gasteiger partial charge in [-0.3, -0.25) is 4.79 Å². The zero-order valence-corrected chi connectivity index (χ0v) is 13.7. The Hall–Kier alpha value is -2.53. The Labute approximate surface area is 140 Å². The van der Waals surface area contributed by atoms with E-state index >= 15 is 0 Å². The second-order valence-corrected chi connectivity index (χ2v) is 5.58. The van der Waals surface area contributed by atoms with Crippen LogP contribution in [0.2, 0.25) is 5.02 Å². The van der Waals surface area contributed by atoms with Crippen LogP contribution in [0.15, 0.2) is 42.5 Å². The zero-order chi connectivity index (χ0) is 16.8. The molecule has 6 heteroatoms. The summed E-state index contributed by atoms with van der Waals surface area (Å²) >= 11 is 6.10.